The van der Waals surface area contributed by atoms with E-state index in [1.54, 1.807) is 24.3 Å². The predicted octanol–water partition coefficient (Wildman–Crippen LogP) is 2.46. The van der Waals surface area contributed by atoms with Gasteiger partial charge in [-0.2, -0.15) is 9.61 Å². The summed E-state index contributed by atoms with van der Waals surface area (Å²) in [4.78, 5) is 0. The molecule has 3 aromatic rings. The first-order chi connectivity index (χ1) is 8.66. The van der Waals surface area contributed by atoms with Crippen LogP contribution in [-0.2, 0) is 0 Å². The first-order valence-corrected chi connectivity index (χ1v) is 5.71. The number of rotatable bonds is 1. The number of aromatic hydroxyl groups is 1. The largest absolute Gasteiger partial charge is 0.507 e. The number of hydrogen-bond acceptors (Lipinski definition) is 4. The van der Waals surface area contributed by atoms with Crippen LogP contribution in [0.15, 0.2) is 30.3 Å². The lowest BCUT2D eigenvalue weighted by atomic mass is 10.2. The van der Waals surface area contributed by atoms with Crippen molar-refractivity contribution in [2.24, 2.45) is 0 Å². The van der Waals surface area contributed by atoms with Crippen molar-refractivity contribution in [3.8, 4) is 17.1 Å². The van der Waals surface area contributed by atoms with Crippen LogP contribution in [-0.4, -0.2) is 24.9 Å². The standard InChI is InChI=1S/C12H9ClN4O/c1-7-6-10(13)16-17-11(7)14-15-12(17)8-4-2-3-5-9(8)18/h2-6,18H,1H3. The average Bonchev–Trinajstić information content (AvgIpc) is 2.73. The summed E-state index contributed by atoms with van der Waals surface area (Å²) >= 11 is 5.93. The molecule has 90 valence electrons. The van der Waals surface area contributed by atoms with Crippen molar-refractivity contribution in [1.82, 2.24) is 19.8 Å². The molecule has 0 aliphatic carbocycles. The maximum atomic E-state index is 9.84. The highest BCUT2D eigenvalue weighted by atomic mass is 35.5. The Kier molecular flexibility index (Phi) is 2.41. The van der Waals surface area contributed by atoms with E-state index in [1.165, 1.54) is 4.52 Å². The zero-order valence-corrected chi connectivity index (χ0v) is 10.3. The molecule has 2 aromatic heterocycles. The molecule has 0 radical (unpaired) electrons. The highest BCUT2D eigenvalue weighted by Crippen LogP contribution is 2.27. The molecule has 0 saturated carbocycles. The topological polar surface area (TPSA) is 63.3 Å². The average molecular weight is 261 g/mol. The third-order valence-corrected chi connectivity index (χ3v) is 2.85. The molecule has 0 amide bonds. The molecule has 0 saturated heterocycles. The van der Waals surface area contributed by atoms with Crippen molar-refractivity contribution in [1.29, 1.82) is 0 Å². The number of hydrogen-bond donors (Lipinski definition) is 1. The van der Waals surface area contributed by atoms with Crippen molar-refractivity contribution in [3.63, 3.8) is 0 Å². The van der Waals surface area contributed by atoms with Crippen LogP contribution in [0.25, 0.3) is 17.0 Å². The van der Waals surface area contributed by atoms with Crippen LogP contribution < -0.4 is 0 Å². The second kappa shape index (κ2) is 3.96. The normalized spacial score (nSPS) is 11.0. The SMILES string of the molecule is Cc1cc(Cl)nn2c(-c3ccccc3O)nnc12. The maximum Gasteiger partial charge on any atom is 0.189 e. The Morgan fingerprint density at radius 3 is 2.78 bits per heavy atom. The summed E-state index contributed by atoms with van der Waals surface area (Å²) in [6.07, 6.45) is 0. The second-order valence-electron chi connectivity index (χ2n) is 3.93. The van der Waals surface area contributed by atoms with Crippen LogP contribution >= 0.6 is 11.6 Å². The predicted molar refractivity (Wildman–Crippen MR) is 67.6 cm³/mol. The van der Waals surface area contributed by atoms with E-state index in [-0.39, 0.29) is 5.75 Å². The summed E-state index contributed by atoms with van der Waals surface area (Å²) in [5, 5.41) is 22.5. The Bertz CT molecular complexity index is 738. The minimum absolute atomic E-state index is 0.131. The van der Waals surface area contributed by atoms with Gasteiger partial charge >= 0.3 is 0 Å². The fourth-order valence-corrected chi connectivity index (χ4v) is 2.06. The lowest BCUT2D eigenvalue weighted by molar-refractivity contribution is 0.476. The summed E-state index contributed by atoms with van der Waals surface area (Å²) in [6.45, 7) is 1.88. The zero-order chi connectivity index (χ0) is 12.7. The summed E-state index contributed by atoms with van der Waals surface area (Å²) in [6, 6.07) is 8.62. The van der Waals surface area contributed by atoms with Gasteiger partial charge in [-0.05, 0) is 30.7 Å². The first-order valence-electron chi connectivity index (χ1n) is 5.34. The van der Waals surface area contributed by atoms with Crippen molar-refractivity contribution >= 4 is 17.2 Å². The second-order valence-corrected chi connectivity index (χ2v) is 4.31. The van der Waals surface area contributed by atoms with Crippen LogP contribution in [0, 0.1) is 6.92 Å². The van der Waals surface area contributed by atoms with Crippen molar-refractivity contribution in [2.75, 3.05) is 0 Å². The van der Waals surface area contributed by atoms with E-state index in [0.717, 1.165) is 5.56 Å². The fourth-order valence-electron chi connectivity index (χ4n) is 1.82. The Hall–Kier alpha value is -2.14. The molecule has 3 rings (SSSR count). The number of nitrogens with zero attached hydrogens (tertiary/aromatic N) is 4. The molecule has 0 unspecified atom stereocenters. The Balaban J connectivity index is 2.34. The number of aryl methyl sites for hydroxylation is 1. The summed E-state index contributed by atoms with van der Waals surface area (Å²) in [7, 11) is 0. The number of halogens is 1. The molecule has 0 aliphatic rings. The van der Waals surface area contributed by atoms with E-state index in [1.807, 2.05) is 13.0 Å². The molecule has 18 heavy (non-hydrogen) atoms. The minimum atomic E-state index is 0.131. The maximum absolute atomic E-state index is 9.84. The molecule has 0 bridgehead atoms. The van der Waals surface area contributed by atoms with Gasteiger partial charge in [0.05, 0.1) is 5.56 Å². The van der Waals surface area contributed by atoms with Gasteiger partial charge in [-0.25, -0.2) is 0 Å². The molecule has 0 fully saturated rings. The molecule has 6 heteroatoms. The Morgan fingerprint density at radius 2 is 2.00 bits per heavy atom. The Morgan fingerprint density at radius 1 is 1.22 bits per heavy atom. The summed E-state index contributed by atoms with van der Waals surface area (Å²) in [5.74, 6) is 0.597. The van der Waals surface area contributed by atoms with Crippen LogP contribution in [0.2, 0.25) is 5.15 Å². The van der Waals surface area contributed by atoms with Gasteiger partial charge in [-0.3, -0.25) is 0 Å². The molecule has 0 spiro atoms. The van der Waals surface area contributed by atoms with E-state index in [0.29, 0.717) is 22.2 Å². The quantitative estimate of drug-likeness (QED) is 0.730. The van der Waals surface area contributed by atoms with Gasteiger partial charge in [0.2, 0.25) is 0 Å². The first kappa shape index (κ1) is 11.0. The molecule has 0 atom stereocenters. The van der Waals surface area contributed by atoms with E-state index < -0.39 is 0 Å². The lowest BCUT2D eigenvalue weighted by Crippen LogP contribution is -1.97. The van der Waals surface area contributed by atoms with E-state index in [4.69, 9.17) is 11.6 Å². The summed E-state index contributed by atoms with van der Waals surface area (Å²) in [5.41, 5.74) is 2.07. The third kappa shape index (κ3) is 1.60. The molecule has 2 heterocycles. The van der Waals surface area contributed by atoms with Gasteiger partial charge in [0.15, 0.2) is 16.6 Å². The van der Waals surface area contributed by atoms with E-state index >= 15 is 0 Å². The van der Waals surface area contributed by atoms with E-state index in [2.05, 4.69) is 15.3 Å². The third-order valence-electron chi connectivity index (χ3n) is 2.67. The van der Waals surface area contributed by atoms with Gasteiger partial charge in [0.1, 0.15) is 5.75 Å². The Labute approximate surface area is 108 Å². The monoisotopic (exact) mass is 260 g/mol. The highest BCUT2D eigenvalue weighted by Gasteiger charge is 2.14. The van der Waals surface area contributed by atoms with Crippen molar-refractivity contribution in [3.05, 3.63) is 41.0 Å². The van der Waals surface area contributed by atoms with Crippen molar-refractivity contribution < 1.29 is 5.11 Å². The number of para-hydroxylation sites is 1. The summed E-state index contributed by atoms with van der Waals surface area (Å²) < 4.78 is 1.53. The smallest absolute Gasteiger partial charge is 0.189 e. The molecule has 5 nitrogen and oxygen atoms in total. The van der Waals surface area contributed by atoms with Gasteiger partial charge in [0, 0.05) is 0 Å². The van der Waals surface area contributed by atoms with E-state index in [9.17, 15) is 5.11 Å². The fraction of sp³-hybridized carbons (Fsp3) is 0.0833. The molecular formula is C12H9ClN4O. The highest BCUT2D eigenvalue weighted by molar-refractivity contribution is 6.29. The van der Waals surface area contributed by atoms with Crippen LogP contribution in [0.1, 0.15) is 5.56 Å². The zero-order valence-electron chi connectivity index (χ0n) is 9.50. The lowest BCUT2D eigenvalue weighted by Gasteiger charge is -2.03. The molecular weight excluding hydrogens is 252 g/mol. The van der Waals surface area contributed by atoms with Crippen molar-refractivity contribution in [2.45, 2.75) is 6.92 Å². The van der Waals surface area contributed by atoms with Gasteiger partial charge in [0.25, 0.3) is 0 Å². The number of phenolic OH excluding ortho intramolecular Hbond substituents is 1. The van der Waals surface area contributed by atoms with Gasteiger partial charge in [-0.15, -0.1) is 10.2 Å². The van der Waals surface area contributed by atoms with Gasteiger partial charge in [-0.1, -0.05) is 23.7 Å². The molecule has 0 aliphatic heterocycles. The minimum Gasteiger partial charge on any atom is -0.507 e. The number of aromatic nitrogens is 4. The number of fused-ring (bicyclic) bond motifs is 1. The number of benzene rings is 1. The van der Waals surface area contributed by atoms with Crippen LogP contribution in [0.3, 0.4) is 0 Å². The van der Waals surface area contributed by atoms with Crippen LogP contribution in [0.4, 0.5) is 0 Å². The molecule has 1 aromatic carbocycles. The van der Waals surface area contributed by atoms with Crippen LogP contribution in [0.5, 0.6) is 5.75 Å². The molecule has 1 N–H and O–H groups in total. The number of phenols is 1. The van der Waals surface area contributed by atoms with Gasteiger partial charge < -0.3 is 5.11 Å².